The van der Waals surface area contributed by atoms with E-state index in [2.05, 4.69) is 20.9 Å². The number of carbonyl (C=O) groups is 1. The predicted octanol–water partition coefficient (Wildman–Crippen LogP) is 5.01. The van der Waals surface area contributed by atoms with Crippen LogP contribution in [-0.4, -0.2) is 80.4 Å². The van der Waals surface area contributed by atoms with Crippen LogP contribution in [0.4, 0.5) is 19.0 Å². The van der Waals surface area contributed by atoms with Gasteiger partial charge in [-0.3, -0.25) is 9.69 Å². The highest BCUT2D eigenvalue weighted by Crippen LogP contribution is 2.37. The molecule has 2 fully saturated rings. The van der Waals surface area contributed by atoms with E-state index in [1.165, 1.54) is 30.6 Å². The Hall–Kier alpha value is -5.00. The first-order valence-electron chi connectivity index (χ1n) is 15.2. The Kier molecular flexibility index (Phi) is 8.85. The number of anilines is 1. The first-order chi connectivity index (χ1) is 22.6. The molecule has 4 aromatic rings. The highest BCUT2D eigenvalue weighted by atomic mass is 19.2. The van der Waals surface area contributed by atoms with Gasteiger partial charge in [-0.2, -0.15) is 14.8 Å². The quantitative estimate of drug-likeness (QED) is 0.217. The number of halogens is 3. The number of aromatic nitrogens is 4. The summed E-state index contributed by atoms with van der Waals surface area (Å²) in [6.45, 7) is 7.22. The number of fused-ring (bicyclic) bond motifs is 1. The average Bonchev–Trinajstić information content (AvgIpc) is 3.47. The van der Waals surface area contributed by atoms with E-state index in [-0.39, 0.29) is 52.6 Å². The summed E-state index contributed by atoms with van der Waals surface area (Å²) in [4.78, 5) is 26.0. The van der Waals surface area contributed by atoms with Crippen molar-refractivity contribution in [3.05, 3.63) is 71.8 Å². The summed E-state index contributed by atoms with van der Waals surface area (Å²) in [5.41, 5.74) is 6.38. The molecule has 1 amide bonds. The van der Waals surface area contributed by atoms with Gasteiger partial charge in [0.15, 0.2) is 17.2 Å². The Morgan fingerprint density at radius 2 is 1.91 bits per heavy atom. The van der Waals surface area contributed by atoms with E-state index in [1.807, 2.05) is 13.8 Å². The van der Waals surface area contributed by atoms with Crippen LogP contribution in [0.15, 0.2) is 54.4 Å². The Morgan fingerprint density at radius 1 is 1.13 bits per heavy atom. The lowest BCUT2D eigenvalue weighted by Gasteiger charge is -2.39. The molecule has 244 valence electrons. The second-order valence-electron chi connectivity index (χ2n) is 12.0. The van der Waals surface area contributed by atoms with Crippen molar-refractivity contribution in [2.24, 2.45) is 0 Å². The number of carbonyl (C=O) groups excluding carboxylic acids is 1. The maximum absolute atomic E-state index is 15.6. The molecule has 4 heterocycles. The van der Waals surface area contributed by atoms with Crippen molar-refractivity contribution >= 4 is 22.8 Å². The van der Waals surface area contributed by atoms with Gasteiger partial charge in [0.1, 0.15) is 41.0 Å². The number of morpholine rings is 1. The van der Waals surface area contributed by atoms with E-state index in [0.717, 1.165) is 12.1 Å². The minimum absolute atomic E-state index is 0.0525. The zero-order valence-corrected chi connectivity index (χ0v) is 25.9. The first kappa shape index (κ1) is 32.0. The van der Waals surface area contributed by atoms with Gasteiger partial charge in [0.25, 0.3) is 5.91 Å². The van der Waals surface area contributed by atoms with E-state index >= 15 is 4.39 Å². The molecule has 0 bridgehead atoms. The molecule has 2 saturated heterocycles. The third-order valence-electron chi connectivity index (χ3n) is 8.56. The second kappa shape index (κ2) is 13.0. The van der Waals surface area contributed by atoms with E-state index in [0.29, 0.717) is 56.7 Å². The molecule has 2 aliphatic heterocycles. The number of nitrogen functional groups attached to an aromatic ring is 1. The van der Waals surface area contributed by atoms with Crippen molar-refractivity contribution in [1.82, 2.24) is 29.5 Å². The lowest BCUT2D eigenvalue weighted by molar-refractivity contribution is -0.128. The number of rotatable bonds is 7. The van der Waals surface area contributed by atoms with Crippen LogP contribution in [0.5, 0.6) is 11.5 Å². The van der Waals surface area contributed by atoms with Crippen molar-refractivity contribution in [3.8, 4) is 28.8 Å². The van der Waals surface area contributed by atoms with Crippen LogP contribution in [0, 0.1) is 28.8 Å². The van der Waals surface area contributed by atoms with Crippen LogP contribution >= 0.6 is 0 Å². The zero-order valence-electron chi connectivity index (χ0n) is 25.9. The van der Waals surface area contributed by atoms with Crippen molar-refractivity contribution in [1.29, 1.82) is 5.26 Å². The molecule has 6 rings (SSSR count). The number of piperidine rings is 1. The van der Waals surface area contributed by atoms with Gasteiger partial charge >= 0.3 is 0 Å². The summed E-state index contributed by atoms with van der Waals surface area (Å²) < 4.78 is 55.9. The van der Waals surface area contributed by atoms with Crippen molar-refractivity contribution in [2.75, 3.05) is 45.1 Å². The van der Waals surface area contributed by atoms with Crippen molar-refractivity contribution in [2.45, 2.75) is 38.3 Å². The second-order valence-corrected chi connectivity index (χ2v) is 12.0. The number of hydrogen-bond acceptors (Lipinski definition) is 9. The number of nitrogens with zero attached hydrogens (tertiary/aromatic N) is 7. The third kappa shape index (κ3) is 6.36. The molecule has 0 saturated carbocycles. The van der Waals surface area contributed by atoms with Crippen LogP contribution in [0.3, 0.4) is 0 Å². The molecule has 2 aliphatic rings. The van der Waals surface area contributed by atoms with E-state index in [9.17, 15) is 18.8 Å². The normalized spacial score (nSPS) is 17.9. The number of hydrogen-bond donors (Lipinski definition) is 1. The number of benzene rings is 2. The average molecular weight is 647 g/mol. The van der Waals surface area contributed by atoms with Crippen LogP contribution in [-0.2, 0) is 9.53 Å². The Balaban J connectivity index is 1.29. The lowest BCUT2D eigenvalue weighted by atomic mass is 9.97. The van der Waals surface area contributed by atoms with Gasteiger partial charge in [0.2, 0.25) is 5.82 Å². The minimum atomic E-state index is -1.19. The van der Waals surface area contributed by atoms with Crippen LogP contribution in [0.25, 0.3) is 22.3 Å². The molecular weight excluding hydrogens is 613 g/mol. The van der Waals surface area contributed by atoms with Crippen LogP contribution in [0.1, 0.15) is 32.7 Å². The Bertz CT molecular complexity index is 1900. The minimum Gasteiger partial charge on any atom is -0.454 e. The zero-order chi connectivity index (χ0) is 33.3. The number of nitrogens with two attached hydrogens (primary N) is 1. The first-order valence-corrected chi connectivity index (χ1v) is 15.2. The van der Waals surface area contributed by atoms with E-state index in [1.54, 1.807) is 15.7 Å². The number of likely N-dealkylation sites (tertiary alicyclic amines) is 1. The molecule has 0 radical (unpaired) electrons. The Morgan fingerprint density at radius 3 is 2.66 bits per heavy atom. The summed E-state index contributed by atoms with van der Waals surface area (Å²) in [7, 11) is 0. The molecule has 47 heavy (non-hydrogen) atoms. The van der Waals surface area contributed by atoms with E-state index < -0.39 is 23.0 Å². The van der Waals surface area contributed by atoms with Gasteiger partial charge in [-0.1, -0.05) is 6.07 Å². The molecule has 2 aromatic carbocycles. The summed E-state index contributed by atoms with van der Waals surface area (Å²) in [6, 6.07) is 9.06. The molecular formula is C33H33F3N8O3. The van der Waals surface area contributed by atoms with Crippen molar-refractivity contribution in [3.63, 3.8) is 0 Å². The van der Waals surface area contributed by atoms with Crippen molar-refractivity contribution < 1.29 is 27.4 Å². The van der Waals surface area contributed by atoms with Gasteiger partial charge in [0.05, 0.1) is 24.6 Å². The maximum Gasteiger partial charge on any atom is 0.264 e. The van der Waals surface area contributed by atoms with Gasteiger partial charge < -0.3 is 20.1 Å². The SMILES string of the molecule is CC(C)(C=C(C#N)C(=O)N1CCCC(n2nc(-c3ccc(Oc4cccc(F)c4F)cc3F)c3c(N)ncnc32)C1)N1CCOCC1. The standard InChI is InChI=1S/C33H33F3N8O3/c1-33(2,43-11-13-46-14-12-43)16-20(17-37)32(45)42-10-4-5-21(18-42)44-31-27(30(38)39-19-40-31)29(41-44)23-9-8-22(15-25(23)35)47-26-7-3-6-24(34)28(26)36/h3,6-9,15-16,19,21H,4-5,10-14,18H2,1-2H3,(H2,38,39,40). The monoisotopic (exact) mass is 646 g/mol. The lowest BCUT2D eigenvalue weighted by Crippen LogP contribution is -2.49. The van der Waals surface area contributed by atoms with Gasteiger partial charge in [-0.05, 0) is 57.0 Å². The molecule has 14 heteroatoms. The fourth-order valence-electron chi connectivity index (χ4n) is 6.11. The number of nitriles is 1. The van der Waals surface area contributed by atoms with Gasteiger partial charge in [-0.15, -0.1) is 0 Å². The van der Waals surface area contributed by atoms with Gasteiger partial charge in [0, 0.05) is 43.3 Å². The number of amides is 1. The molecule has 11 nitrogen and oxygen atoms in total. The summed E-state index contributed by atoms with van der Waals surface area (Å²) >= 11 is 0. The summed E-state index contributed by atoms with van der Waals surface area (Å²) in [5, 5.41) is 15.0. The number of ether oxygens (including phenoxy) is 2. The molecule has 2 N–H and O–H groups in total. The molecule has 0 spiro atoms. The molecule has 1 atom stereocenters. The highest BCUT2D eigenvalue weighted by Gasteiger charge is 2.33. The molecule has 2 aromatic heterocycles. The molecule has 0 aliphatic carbocycles. The fourth-order valence-corrected chi connectivity index (χ4v) is 6.11. The van der Waals surface area contributed by atoms with E-state index in [4.69, 9.17) is 20.3 Å². The third-order valence-corrected chi connectivity index (χ3v) is 8.56. The summed E-state index contributed by atoms with van der Waals surface area (Å²) in [6.07, 6.45) is 4.29. The predicted molar refractivity (Wildman–Crippen MR) is 167 cm³/mol. The summed E-state index contributed by atoms with van der Waals surface area (Å²) in [5.74, 6) is -3.76. The van der Waals surface area contributed by atoms with Gasteiger partial charge in [-0.25, -0.2) is 23.4 Å². The fraction of sp³-hybridized carbons (Fsp3) is 0.364. The maximum atomic E-state index is 15.6. The smallest absolute Gasteiger partial charge is 0.264 e. The largest absolute Gasteiger partial charge is 0.454 e. The highest BCUT2D eigenvalue weighted by molar-refractivity contribution is 5.99. The molecule has 1 unspecified atom stereocenters. The van der Waals surface area contributed by atoms with Crippen LogP contribution < -0.4 is 10.5 Å². The van der Waals surface area contributed by atoms with Crippen LogP contribution in [0.2, 0.25) is 0 Å². The Labute approximate surface area is 269 Å². The topological polar surface area (TPSA) is 135 Å².